The van der Waals surface area contributed by atoms with Crippen molar-refractivity contribution in [2.45, 2.75) is 42.7 Å². The molecule has 2 heterocycles. The largest absolute Gasteiger partial charge is 0.405 e. The molecule has 0 radical (unpaired) electrons. The second-order valence-corrected chi connectivity index (χ2v) is 8.68. The van der Waals surface area contributed by atoms with E-state index in [0.717, 1.165) is 25.7 Å². The zero-order chi connectivity index (χ0) is 19.0. The van der Waals surface area contributed by atoms with E-state index in [1.165, 1.54) is 28.6 Å². The molecule has 2 aromatic rings. The highest BCUT2D eigenvalue weighted by atomic mass is 32.2. The van der Waals surface area contributed by atoms with Crippen LogP contribution >= 0.6 is 0 Å². The maximum Gasteiger partial charge on any atom is 0.322 e. The fourth-order valence-electron chi connectivity index (χ4n) is 2.94. The molecule has 1 amide bonds. The number of nitrogens with one attached hydrogen (secondary N) is 1. The molecule has 144 valence electrons. The van der Waals surface area contributed by atoms with E-state index in [0.29, 0.717) is 18.1 Å². The summed E-state index contributed by atoms with van der Waals surface area (Å²) in [6, 6.07) is 5.83. The van der Waals surface area contributed by atoms with Crippen LogP contribution in [0.1, 0.15) is 48.0 Å². The number of carbonyl (C=O) groups is 1. The predicted octanol–water partition coefficient (Wildman–Crippen LogP) is 1.96. The number of ether oxygens (including phenoxy) is 1. The van der Waals surface area contributed by atoms with Crippen LogP contribution in [0.2, 0.25) is 0 Å². The zero-order valence-corrected chi connectivity index (χ0v) is 15.6. The van der Waals surface area contributed by atoms with Gasteiger partial charge in [0.15, 0.2) is 0 Å². The van der Waals surface area contributed by atoms with Crippen molar-refractivity contribution in [1.82, 2.24) is 14.5 Å². The molecule has 1 saturated heterocycles. The van der Waals surface area contributed by atoms with Crippen LogP contribution in [0.25, 0.3) is 0 Å². The number of rotatable bonds is 6. The Morgan fingerprint density at radius 3 is 2.56 bits per heavy atom. The van der Waals surface area contributed by atoms with Crippen molar-refractivity contribution in [3.63, 3.8) is 0 Å². The molecule has 10 heteroatoms. The second-order valence-electron chi connectivity index (χ2n) is 6.68. The molecule has 1 atom stereocenters. The van der Waals surface area contributed by atoms with Crippen molar-refractivity contribution in [3.05, 3.63) is 35.7 Å². The van der Waals surface area contributed by atoms with E-state index in [2.05, 4.69) is 15.5 Å². The van der Waals surface area contributed by atoms with Crippen molar-refractivity contribution in [3.8, 4) is 0 Å². The fourth-order valence-corrected chi connectivity index (χ4v) is 4.35. The lowest BCUT2D eigenvalue weighted by atomic mass is 10.2. The van der Waals surface area contributed by atoms with Crippen LogP contribution in [-0.4, -0.2) is 48.5 Å². The highest BCUT2D eigenvalue weighted by molar-refractivity contribution is 7.89. The lowest BCUT2D eigenvalue weighted by Gasteiger charge is -2.16. The number of amides is 1. The molecule has 2 aliphatic rings. The average Bonchev–Trinajstić information content (AvgIpc) is 3.16. The van der Waals surface area contributed by atoms with Gasteiger partial charge in [-0.25, -0.2) is 8.42 Å². The Hall–Kier alpha value is -2.30. The molecule has 0 spiro atoms. The van der Waals surface area contributed by atoms with Gasteiger partial charge in [0.25, 0.3) is 5.91 Å². The number of hydrogen-bond donors (Lipinski definition) is 1. The topological polar surface area (TPSA) is 115 Å². The van der Waals surface area contributed by atoms with Crippen LogP contribution in [0, 0.1) is 0 Å². The molecule has 4 rings (SSSR count). The van der Waals surface area contributed by atoms with Gasteiger partial charge in [0.2, 0.25) is 15.9 Å². The van der Waals surface area contributed by atoms with E-state index in [1.807, 2.05) is 0 Å². The lowest BCUT2D eigenvalue weighted by Crippen LogP contribution is -2.29. The van der Waals surface area contributed by atoms with Gasteiger partial charge in [0, 0.05) is 25.3 Å². The Balaban J connectivity index is 1.43. The van der Waals surface area contributed by atoms with Crippen LogP contribution in [-0.2, 0) is 14.8 Å². The minimum atomic E-state index is -3.54. The first-order valence-electron chi connectivity index (χ1n) is 8.79. The Bertz CT molecular complexity index is 930. The third-order valence-corrected chi connectivity index (χ3v) is 6.65. The Morgan fingerprint density at radius 1 is 1.19 bits per heavy atom. The van der Waals surface area contributed by atoms with Gasteiger partial charge >= 0.3 is 6.01 Å². The summed E-state index contributed by atoms with van der Waals surface area (Å²) in [6.45, 7) is 0.653. The third kappa shape index (κ3) is 3.73. The Morgan fingerprint density at radius 2 is 1.93 bits per heavy atom. The number of aromatic nitrogens is 2. The summed E-state index contributed by atoms with van der Waals surface area (Å²) in [5.74, 6) is -0.121. The standard InChI is InChI=1S/C17H20N4O5S/c1-21(12-6-7-12)27(23,24)13-8-4-11(5-9-13)15(22)18-17-20-19-16(26-17)14-3-2-10-25-14/h4-5,8-9,12,14H,2-3,6-7,10H2,1H3,(H,18,20,22)/t14-/m0/s1. The van der Waals surface area contributed by atoms with Gasteiger partial charge in [-0.15, -0.1) is 5.10 Å². The monoisotopic (exact) mass is 392 g/mol. The molecule has 1 N–H and O–H groups in total. The smallest absolute Gasteiger partial charge is 0.322 e. The normalized spacial score (nSPS) is 20.1. The summed E-state index contributed by atoms with van der Waals surface area (Å²) in [7, 11) is -1.96. The van der Waals surface area contributed by atoms with E-state index < -0.39 is 15.9 Å². The van der Waals surface area contributed by atoms with Gasteiger partial charge in [-0.1, -0.05) is 5.10 Å². The summed E-state index contributed by atoms with van der Waals surface area (Å²) >= 11 is 0. The van der Waals surface area contributed by atoms with E-state index in [-0.39, 0.29) is 23.1 Å². The number of anilines is 1. The molecule has 1 aliphatic carbocycles. The molecule has 9 nitrogen and oxygen atoms in total. The summed E-state index contributed by atoms with van der Waals surface area (Å²) in [6.07, 6.45) is 3.28. The average molecular weight is 392 g/mol. The Labute approximate surface area is 156 Å². The second kappa shape index (κ2) is 7.02. The van der Waals surface area contributed by atoms with Crippen molar-refractivity contribution in [2.24, 2.45) is 0 Å². The predicted molar refractivity (Wildman–Crippen MR) is 94.6 cm³/mol. The highest BCUT2D eigenvalue weighted by Crippen LogP contribution is 2.30. The summed E-state index contributed by atoms with van der Waals surface area (Å²) in [4.78, 5) is 12.5. The number of nitrogens with zero attached hydrogens (tertiary/aromatic N) is 3. The lowest BCUT2D eigenvalue weighted by molar-refractivity contribution is 0.0893. The number of hydrogen-bond acceptors (Lipinski definition) is 7. The zero-order valence-electron chi connectivity index (χ0n) is 14.8. The molecule has 27 heavy (non-hydrogen) atoms. The Kier molecular flexibility index (Phi) is 4.70. The quantitative estimate of drug-likeness (QED) is 0.799. The summed E-state index contributed by atoms with van der Waals surface area (Å²) in [5, 5.41) is 10.2. The van der Waals surface area contributed by atoms with Crippen LogP contribution in [0.15, 0.2) is 33.6 Å². The van der Waals surface area contributed by atoms with Crippen LogP contribution < -0.4 is 5.32 Å². The van der Waals surface area contributed by atoms with Gasteiger partial charge in [0.05, 0.1) is 4.90 Å². The number of carbonyl (C=O) groups excluding carboxylic acids is 1. The minimum absolute atomic E-state index is 0.0179. The maximum atomic E-state index is 12.5. The fraction of sp³-hybridized carbons (Fsp3) is 0.471. The molecule has 1 saturated carbocycles. The maximum absolute atomic E-state index is 12.5. The van der Waals surface area contributed by atoms with E-state index in [1.54, 1.807) is 7.05 Å². The SMILES string of the molecule is CN(C1CC1)S(=O)(=O)c1ccc(C(=O)Nc2nnc([C@@H]3CCCO3)o2)cc1. The molecule has 0 bridgehead atoms. The van der Waals surface area contributed by atoms with E-state index in [4.69, 9.17) is 9.15 Å². The van der Waals surface area contributed by atoms with E-state index >= 15 is 0 Å². The molecule has 1 aromatic carbocycles. The highest BCUT2D eigenvalue weighted by Gasteiger charge is 2.35. The molecule has 1 aromatic heterocycles. The van der Waals surface area contributed by atoms with Gasteiger partial charge in [-0.2, -0.15) is 4.31 Å². The van der Waals surface area contributed by atoms with Crippen molar-refractivity contribution in [1.29, 1.82) is 0 Å². The molecular formula is C17H20N4O5S. The third-order valence-electron chi connectivity index (χ3n) is 4.72. The minimum Gasteiger partial charge on any atom is -0.405 e. The van der Waals surface area contributed by atoms with Gasteiger partial charge in [0.1, 0.15) is 6.10 Å². The van der Waals surface area contributed by atoms with Gasteiger partial charge in [-0.3, -0.25) is 10.1 Å². The first-order valence-corrected chi connectivity index (χ1v) is 10.2. The first kappa shape index (κ1) is 18.1. The number of benzene rings is 1. The van der Waals surface area contributed by atoms with Gasteiger partial charge in [-0.05, 0) is 49.9 Å². The molecule has 1 aliphatic heterocycles. The first-order chi connectivity index (χ1) is 12.9. The van der Waals surface area contributed by atoms with Crippen LogP contribution in [0.4, 0.5) is 6.01 Å². The van der Waals surface area contributed by atoms with Crippen LogP contribution in [0.5, 0.6) is 0 Å². The van der Waals surface area contributed by atoms with Crippen LogP contribution in [0.3, 0.4) is 0 Å². The number of sulfonamides is 1. The van der Waals surface area contributed by atoms with Crippen molar-refractivity contribution in [2.75, 3.05) is 19.0 Å². The summed E-state index contributed by atoms with van der Waals surface area (Å²) < 4.78 is 37.2. The summed E-state index contributed by atoms with van der Waals surface area (Å²) in [5.41, 5.74) is 0.292. The van der Waals surface area contributed by atoms with E-state index in [9.17, 15) is 13.2 Å². The molecule has 2 fully saturated rings. The molecule has 0 unspecified atom stereocenters. The van der Waals surface area contributed by atoms with Gasteiger partial charge < -0.3 is 9.15 Å². The van der Waals surface area contributed by atoms with Crippen molar-refractivity contribution >= 4 is 21.9 Å². The van der Waals surface area contributed by atoms with Crippen molar-refractivity contribution < 1.29 is 22.4 Å². The molecular weight excluding hydrogens is 372 g/mol.